The number of carbonyl (C=O) groups excluding carboxylic acids is 1. The smallest absolute Gasteiger partial charge is 0.386 e. The van der Waals surface area contributed by atoms with Gasteiger partial charge < -0.3 is 20.0 Å². The van der Waals surface area contributed by atoms with Gasteiger partial charge in [-0.2, -0.15) is 31.4 Å². The first-order valence-electron chi connectivity index (χ1n) is 10.9. The summed E-state index contributed by atoms with van der Waals surface area (Å²) in [6.07, 6.45) is -5.78. The molecule has 3 heterocycles. The number of hydrogen-bond donors (Lipinski definition) is 2. The van der Waals surface area contributed by atoms with Crippen LogP contribution >= 0.6 is 0 Å². The zero-order valence-electron chi connectivity index (χ0n) is 19.3. The van der Waals surface area contributed by atoms with E-state index in [-0.39, 0.29) is 38.5 Å². The summed E-state index contributed by atoms with van der Waals surface area (Å²) >= 11 is 0. The normalized spacial score (nSPS) is 15.6. The maximum atomic E-state index is 13.2. The van der Waals surface area contributed by atoms with Gasteiger partial charge in [0, 0.05) is 38.6 Å². The lowest BCUT2D eigenvalue weighted by Gasteiger charge is -2.34. The highest BCUT2D eigenvalue weighted by Gasteiger charge is 2.37. The van der Waals surface area contributed by atoms with E-state index >= 15 is 0 Å². The van der Waals surface area contributed by atoms with Crippen LogP contribution in [0.3, 0.4) is 0 Å². The molecule has 1 amide bonds. The molecule has 11 nitrogen and oxygen atoms in total. The van der Waals surface area contributed by atoms with Gasteiger partial charge in [-0.15, -0.1) is 0 Å². The van der Waals surface area contributed by atoms with Crippen molar-refractivity contribution in [3.05, 3.63) is 40.1 Å². The number of nitrogens with one attached hydrogen (secondary N) is 2. The highest BCUT2D eigenvalue weighted by molar-refractivity contribution is 5.78. The van der Waals surface area contributed by atoms with Gasteiger partial charge in [-0.1, -0.05) is 12.1 Å². The number of H-pyrrole nitrogens is 1. The number of aromatic nitrogens is 4. The van der Waals surface area contributed by atoms with E-state index < -0.39 is 53.3 Å². The maximum Gasteiger partial charge on any atom is 0.423 e. The number of nitrogens with zero attached hydrogens (tertiary/aromatic N) is 6. The first-order chi connectivity index (χ1) is 17.4. The van der Waals surface area contributed by atoms with Gasteiger partial charge in [0.2, 0.25) is 5.95 Å². The molecule has 0 saturated carbocycles. The van der Waals surface area contributed by atoms with Crippen LogP contribution in [0.5, 0.6) is 0 Å². The van der Waals surface area contributed by atoms with Gasteiger partial charge in [0.05, 0.1) is 29.7 Å². The highest BCUT2D eigenvalue weighted by atomic mass is 19.4. The SMILES string of the molecule is CC[C@@H](/C=N/OCC(=O)N1CCN(c2ncc(C(F)(F)F)cn2)CC1)Nc1cn[nH]c(=O)c1C(F)(F)F. The van der Waals surface area contributed by atoms with Gasteiger partial charge in [0.25, 0.3) is 11.5 Å². The number of anilines is 2. The fourth-order valence-electron chi connectivity index (χ4n) is 3.32. The van der Waals surface area contributed by atoms with Crippen LogP contribution in [0, 0.1) is 0 Å². The van der Waals surface area contributed by atoms with Crippen molar-refractivity contribution >= 4 is 23.8 Å². The highest BCUT2D eigenvalue weighted by Crippen LogP contribution is 2.31. The molecule has 0 unspecified atom stereocenters. The molecule has 2 N–H and O–H groups in total. The van der Waals surface area contributed by atoms with E-state index in [1.54, 1.807) is 16.9 Å². The van der Waals surface area contributed by atoms with Gasteiger partial charge >= 0.3 is 12.4 Å². The minimum atomic E-state index is -4.90. The van der Waals surface area contributed by atoms with E-state index in [1.807, 2.05) is 0 Å². The summed E-state index contributed by atoms with van der Waals surface area (Å²) in [5, 5.41) is 11.3. The molecule has 2 aromatic rings. The topological polar surface area (TPSA) is 129 Å². The quantitative estimate of drug-likeness (QED) is 0.298. The Hall–Kier alpha value is -3.92. The predicted octanol–water partition coefficient (Wildman–Crippen LogP) is 2.14. The van der Waals surface area contributed by atoms with Gasteiger partial charge in [-0.25, -0.2) is 15.1 Å². The van der Waals surface area contributed by atoms with E-state index in [1.165, 1.54) is 4.90 Å². The Morgan fingerprint density at radius 2 is 1.78 bits per heavy atom. The number of amides is 1. The van der Waals surface area contributed by atoms with Crippen LogP contribution in [-0.2, 0) is 22.0 Å². The van der Waals surface area contributed by atoms with Gasteiger partial charge in [-0.3, -0.25) is 9.59 Å². The summed E-state index contributed by atoms with van der Waals surface area (Å²) in [6.45, 7) is 2.27. The summed E-state index contributed by atoms with van der Waals surface area (Å²) in [7, 11) is 0. The molecular weight excluding hydrogens is 514 g/mol. The Kier molecular flexibility index (Phi) is 8.54. The second-order valence-electron chi connectivity index (χ2n) is 7.81. The molecule has 1 aliphatic rings. The fourth-order valence-corrected chi connectivity index (χ4v) is 3.32. The first-order valence-corrected chi connectivity index (χ1v) is 10.9. The van der Waals surface area contributed by atoms with Crippen LogP contribution < -0.4 is 15.8 Å². The molecule has 0 bridgehead atoms. The monoisotopic (exact) mass is 536 g/mol. The van der Waals surface area contributed by atoms with Crippen molar-refractivity contribution in [1.82, 2.24) is 25.1 Å². The summed E-state index contributed by atoms with van der Waals surface area (Å²) in [6, 6.07) is -0.757. The molecule has 0 aromatic carbocycles. The number of rotatable bonds is 8. The minimum Gasteiger partial charge on any atom is -0.386 e. The van der Waals surface area contributed by atoms with Crippen molar-refractivity contribution in [3.8, 4) is 0 Å². The Balaban J connectivity index is 1.48. The van der Waals surface area contributed by atoms with Crippen LogP contribution in [0.25, 0.3) is 0 Å². The Bertz CT molecular complexity index is 1140. The standard InChI is InChI=1S/C20H22F6N8O3/c1-2-13(31-14-10-29-32-17(36)16(14)20(24,25)26)9-30-37-11-15(35)33-3-5-34(6-4-33)18-27-7-12(8-28-18)19(21,22)23/h7-10,13H,2-6,11H2,1H3,(H2,31,32,36)/b30-9+/t13-/m0/s1. The maximum absolute atomic E-state index is 13.2. The van der Waals surface area contributed by atoms with Gasteiger partial charge in [0.1, 0.15) is 5.56 Å². The third-order valence-electron chi connectivity index (χ3n) is 5.30. The Morgan fingerprint density at radius 1 is 1.14 bits per heavy atom. The lowest BCUT2D eigenvalue weighted by atomic mass is 10.2. The molecule has 1 saturated heterocycles. The predicted molar refractivity (Wildman–Crippen MR) is 118 cm³/mol. The molecule has 202 valence electrons. The molecule has 0 spiro atoms. The third-order valence-corrected chi connectivity index (χ3v) is 5.30. The van der Waals surface area contributed by atoms with Crippen LogP contribution in [0.4, 0.5) is 38.0 Å². The van der Waals surface area contributed by atoms with Gasteiger partial charge in [-0.05, 0) is 6.42 Å². The zero-order valence-corrected chi connectivity index (χ0v) is 19.3. The second kappa shape index (κ2) is 11.4. The average molecular weight is 536 g/mol. The van der Waals surface area contributed by atoms with Crippen molar-refractivity contribution in [3.63, 3.8) is 0 Å². The molecule has 37 heavy (non-hydrogen) atoms. The van der Waals surface area contributed by atoms with Crippen molar-refractivity contribution in [2.45, 2.75) is 31.7 Å². The number of alkyl halides is 6. The molecular formula is C20H22F6N8O3. The molecule has 17 heteroatoms. The Morgan fingerprint density at radius 3 is 2.35 bits per heavy atom. The largest absolute Gasteiger partial charge is 0.423 e. The number of carbonyl (C=O) groups is 1. The zero-order chi connectivity index (χ0) is 27.2. The van der Waals surface area contributed by atoms with Crippen LogP contribution in [0.2, 0.25) is 0 Å². The van der Waals surface area contributed by atoms with E-state index in [2.05, 4.69) is 25.5 Å². The van der Waals surface area contributed by atoms with Crippen molar-refractivity contribution < 1.29 is 36.0 Å². The van der Waals surface area contributed by atoms with Gasteiger partial charge in [0.15, 0.2) is 6.61 Å². The molecule has 1 aliphatic heterocycles. The fraction of sp³-hybridized carbons (Fsp3) is 0.500. The number of oxime groups is 1. The molecule has 1 fully saturated rings. The first kappa shape index (κ1) is 27.7. The van der Waals surface area contributed by atoms with Crippen molar-refractivity contribution in [1.29, 1.82) is 0 Å². The van der Waals surface area contributed by atoms with Crippen LogP contribution in [0.15, 0.2) is 28.5 Å². The Labute approximate surface area is 205 Å². The average Bonchev–Trinajstić information content (AvgIpc) is 2.84. The van der Waals surface area contributed by atoms with Crippen LogP contribution in [0.1, 0.15) is 24.5 Å². The van der Waals surface area contributed by atoms with E-state index in [0.29, 0.717) is 12.4 Å². The van der Waals surface area contributed by atoms with E-state index in [0.717, 1.165) is 12.4 Å². The van der Waals surface area contributed by atoms with Crippen LogP contribution in [-0.4, -0.2) is 76.0 Å². The number of piperazine rings is 1. The third kappa shape index (κ3) is 7.29. The summed E-state index contributed by atoms with van der Waals surface area (Å²) in [5.74, 6) is -0.298. The van der Waals surface area contributed by atoms with Crippen molar-refractivity contribution in [2.75, 3.05) is 43.0 Å². The summed E-state index contributed by atoms with van der Waals surface area (Å²) < 4.78 is 77.5. The molecule has 0 radical (unpaired) electrons. The van der Waals surface area contributed by atoms with E-state index in [4.69, 9.17) is 4.84 Å². The second-order valence-corrected chi connectivity index (χ2v) is 7.81. The summed E-state index contributed by atoms with van der Waals surface area (Å²) in [5.41, 5.74) is -4.30. The number of halogens is 6. The molecule has 3 rings (SSSR count). The minimum absolute atomic E-state index is 0.114. The van der Waals surface area contributed by atoms with Crippen molar-refractivity contribution in [2.24, 2.45) is 5.16 Å². The molecule has 0 aliphatic carbocycles. The summed E-state index contributed by atoms with van der Waals surface area (Å²) in [4.78, 5) is 39.5. The van der Waals surface area contributed by atoms with E-state index in [9.17, 15) is 35.9 Å². The lowest BCUT2D eigenvalue weighted by molar-refractivity contribution is -0.139. The molecule has 1 atom stereocenters. The number of aromatic amines is 1. The molecule has 2 aromatic heterocycles. The number of hydrogen-bond acceptors (Lipinski definition) is 9. The lowest BCUT2D eigenvalue weighted by Crippen LogP contribution is -2.50.